The summed E-state index contributed by atoms with van der Waals surface area (Å²) in [6.07, 6.45) is 0. The topological polar surface area (TPSA) is 76.7 Å². The predicted octanol–water partition coefficient (Wildman–Crippen LogP) is 2.45. The lowest BCUT2D eigenvalue weighted by Gasteiger charge is -2.16. The van der Waals surface area contributed by atoms with Crippen LogP contribution in [-0.4, -0.2) is 32.1 Å². The molecule has 0 aromatic heterocycles. The van der Waals surface area contributed by atoms with Crippen molar-refractivity contribution in [3.63, 3.8) is 0 Å². The molecule has 2 aromatic carbocycles. The van der Waals surface area contributed by atoms with Crippen LogP contribution in [0.15, 0.2) is 42.5 Å². The number of rotatable bonds is 7. The highest BCUT2D eigenvalue weighted by molar-refractivity contribution is 5.98. The minimum Gasteiger partial charge on any atom is -0.496 e. The Morgan fingerprint density at radius 3 is 2.15 bits per heavy atom. The molecule has 0 radical (unpaired) electrons. The van der Waals surface area contributed by atoms with Gasteiger partial charge in [0.25, 0.3) is 5.91 Å². The van der Waals surface area contributed by atoms with Crippen molar-refractivity contribution in [1.29, 1.82) is 0 Å². The smallest absolute Gasteiger partial charge is 0.252 e. The van der Waals surface area contributed by atoms with Crippen molar-refractivity contribution < 1.29 is 19.1 Å². The van der Waals surface area contributed by atoms with Gasteiger partial charge in [-0.15, -0.1) is 0 Å². The van der Waals surface area contributed by atoms with Crippen molar-refractivity contribution in [2.45, 2.75) is 26.4 Å². The van der Waals surface area contributed by atoms with E-state index in [9.17, 15) is 9.59 Å². The Balaban J connectivity index is 2.01. The fraction of sp³-hybridized carbons (Fsp3) is 0.300. The zero-order valence-corrected chi connectivity index (χ0v) is 15.5. The molecule has 6 heteroatoms. The number of ether oxygens (including phenoxy) is 2. The molecule has 2 N–H and O–H groups in total. The van der Waals surface area contributed by atoms with Crippen LogP contribution < -0.4 is 20.1 Å². The third kappa shape index (κ3) is 4.75. The van der Waals surface area contributed by atoms with Gasteiger partial charge in [0.1, 0.15) is 17.5 Å². The van der Waals surface area contributed by atoms with E-state index in [1.54, 1.807) is 19.1 Å². The average molecular weight is 356 g/mol. The molecule has 2 amide bonds. The fourth-order valence-electron chi connectivity index (χ4n) is 2.50. The first-order chi connectivity index (χ1) is 12.5. The van der Waals surface area contributed by atoms with Gasteiger partial charge >= 0.3 is 0 Å². The average Bonchev–Trinajstić information content (AvgIpc) is 2.66. The van der Waals surface area contributed by atoms with E-state index < -0.39 is 6.04 Å². The van der Waals surface area contributed by atoms with Crippen molar-refractivity contribution >= 4 is 11.8 Å². The normalized spacial score (nSPS) is 11.4. The van der Waals surface area contributed by atoms with E-state index in [0.717, 1.165) is 11.1 Å². The SMILES string of the molecule is COc1cc(C(=O)NC(C)C(=O)NCc2ccccc2)cc(OC)c1C. The molecular weight excluding hydrogens is 332 g/mol. The monoisotopic (exact) mass is 356 g/mol. The summed E-state index contributed by atoms with van der Waals surface area (Å²) in [5.41, 5.74) is 2.17. The van der Waals surface area contributed by atoms with Gasteiger partial charge in [0.05, 0.1) is 14.2 Å². The van der Waals surface area contributed by atoms with Crippen molar-refractivity contribution in [3.8, 4) is 11.5 Å². The Bertz CT molecular complexity index is 750. The van der Waals surface area contributed by atoms with Crippen molar-refractivity contribution in [2.75, 3.05) is 14.2 Å². The molecule has 0 spiro atoms. The molecule has 6 nitrogen and oxygen atoms in total. The van der Waals surface area contributed by atoms with Gasteiger partial charge in [-0.05, 0) is 31.5 Å². The summed E-state index contributed by atoms with van der Waals surface area (Å²) < 4.78 is 10.6. The van der Waals surface area contributed by atoms with Crippen molar-refractivity contribution in [3.05, 3.63) is 59.2 Å². The van der Waals surface area contributed by atoms with Crippen LogP contribution in [0.2, 0.25) is 0 Å². The molecule has 0 aliphatic rings. The fourth-order valence-corrected chi connectivity index (χ4v) is 2.50. The van der Waals surface area contributed by atoms with E-state index in [1.165, 1.54) is 14.2 Å². The molecule has 0 aliphatic heterocycles. The van der Waals surface area contributed by atoms with Crippen molar-refractivity contribution in [1.82, 2.24) is 10.6 Å². The summed E-state index contributed by atoms with van der Waals surface area (Å²) in [6.45, 7) is 3.89. The van der Waals surface area contributed by atoms with Crippen LogP contribution in [0.5, 0.6) is 11.5 Å². The maximum absolute atomic E-state index is 12.5. The van der Waals surface area contributed by atoms with Gasteiger partial charge < -0.3 is 20.1 Å². The summed E-state index contributed by atoms with van der Waals surface area (Å²) in [7, 11) is 3.06. The van der Waals surface area contributed by atoms with Crippen LogP contribution in [0.25, 0.3) is 0 Å². The van der Waals surface area contributed by atoms with Gasteiger partial charge in [-0.2, -0.15) is 0 Å². The molecule has 138 valence electrons. The first-order valence-electron chi connectivity index (χ1n) is 8.31. The first kappa shape index (κ1) is 19.3. The van der Waals surface area contributed by atoms with E-state index in [0.29, 0.717) is 23.6 Å². The van der Waals surface area contributed by atoms with Gasteiger partial charge in [0.15, 0.2) is 0 Å². The molecule has 2 aromatic rings. The third-order valence-corrected chi connectivity index (χ3v) is 4.06. The summed E-state index contributed by atoms with van der Waals surface area (Å²) in [6, 6.07) is 12.2. The van der Waals surface area contributed by atoms with Gasteiger partial charge in [-0.3, -0.25) is 9.59 Å². The second-order valence-corrected chi connectivity index (χ2v) is 5.90. The zero-order chi connectivity index (χ0) is 19.1. The summed E-state index contributed by atoms with van der Waals surface area (Å²) >= 11 is 0. The first-order valence-corrected chi connectivity index (χ1v) is 8.31. The van der Waals surface area contributed by atoms with Crippen LogP contribution in [-0.2, 0) is 11.3 Å². The molecule has 26 heavy (non-hydrogen) atoms. The lowest BCUT2D eigenvalue weighted by molar-refractivity contribution is -0.122. The van der Waals surface area contributed by atoms with Crippen LogP contribution in [0, 0.1) is 6.92 Å². The Labute approximate surface area is 153 Å². The maximum atomic E-state index is 12.5. The van der Waals surface area contributed by atoms with Gasteiger partial charge in [-0.25, -0.2) is 0 Å². The number of benzene rings is 2. The lowest BCUT2D eigenvalue weighted by Crippen LogP contribution is -2.44. The second kappa shape index (κ2) is 8.89. The van der Waals surface area contributed by atoms with Crippen LogP contribution in [0.1, 0.15) is 28.4 Å². The zero-order valence-electron chi connectivity index (χ0n) is 15.5. The highest BCUT2D eigenvalue weighted by Crippen LogP contribution is 2.29. The molecule has 2 rings (SSSR count). The number of amides is 2. The van der Waals surface area contributed by atoms with E-state index in [1.807, 2.05) is 37.3 Å². The van der Waals surface area contributed by atoms with Gasteiger partial charge in [0.2, 0.25) is 5.91 Å². The van der Waals surface area contributed by atoms with Gasteiger partial charge in [0, 0.05) is 17.7 Å². The molecular formula is C20H24N2O4. The third-order valence-electron chi connectivity index (χ3n) is 4.06. The van der Waals surface area contributed by atoms with E-state index >= 15 is 0 Å². The molecule has 0 saturated heterocycles. The Hall–Kier alpha value is -3.02. The summed E-state index contributed by atoms with van der Waals surface area (Å²) in [5.74, 6) is 0.476. The highest BCUT2D eigenvalue weighted by Gasteiger charge is 2.19. The van der Waals surface area contributed by atoms with Crippen LogP contribution in [0.3, 0.4) is 0 Å². The maximum Gasteiger partial charge on any atom is 0.252 e. The van der Waals surface area contributed by atoms with E-state index in [4.69, 9.17) is 9.47 Å². The summed E-state index contributed by atoms with van der Waals surface area (Å²) in [5, 5.41) is 5.50. The number of nitrogens with one attached hydrogen (secondary N) is 2. The van der Waals surface area contributed by atoms with E-state index in [2.05, 4.69) is 10.6 Å². The molecule has 1 atom stereocenters. The molecule has 0 heterocycles. The van der Waals surface area contributed by atoms with Crippen LogP contribution >= 0.6 is 0 Å². The predicted molar refractivity (Wildman–Crippen MR) is 99.5 cm³/mol. The Kier molecular flexibility index (Phi) is 6.60. The number of carbonyl (C=O) groups excluding carboxylic acids is 2. The quantitative estimate of drug-likeness (QED) is 0.799. The lowest BCUT2D eigenvalue weighted by atomic mass is 10.1. The molecule has 0 aliphatic carbocycles. The molecule has 0 bridgehead atoms. The Morgan fingerprint density at radius 2 is 1.62 bits per heavy atom. The van der Waals surface area contributed by atoms with Gasteiger partial charge in [-0.1, -0.05) is 30.3 Å². The highest BCUT2D eigenvalue weighted by atomic mass is 16.5. The molecule has 0 saturated carbocycles. The number of hydrogen-bond donors (Lipinski definition) is 2. The van der Waals surface area contributed by atoms with Crippen LogP contribution in [0.4, 0.5) is 0 Å². The largest absolute Gasteiger partial charge is 0.496 e. The van der Waals surface area contributed by atoms with E-state index in [-0.39, 0.29) is 11.8 Å². The minimum atomic E-state index is -0.676. The number of hydrogen-bond acceptors (Lipinski definition) is 4. The standard InChI is InChI=1S/C20H24N2O4/c1-13-17(25-3)10-16(11-18(13)26-4)20(24)22-14(2)19(23)21-12-15-8-6-5-7-9-15/h5-11,14H,12H2,1-4H3,(H,21,23)(H,22,24). The summed E-state index contributed by atoms with van der Waals surface area (Å²) in [4.78, 5) is 24.7. The minimum absolute atomic E-state index is 0.256. The molecule has 1 unspecified atom stereocenters. The Morgan fingerprint density at radius 1 is 1.04 bits per heavy atom. The molecule has 0 fully saturated rings. The number of carbonyl (C=O) groups is 2. The number of methoxy groups -OCH3 is 2. The second-order valence-electron chi connectivity index (χ2n) is 5.90. The van der Waals surface area contributed by atoms with Crippen molar-refractivity contribution in [2.24, 2.45) is 0 Å².